The van der Waals surface area contributed by atoms with Crippen molar-refractivity contribution in [2.75, 3.05) is 38.4 Å². The Balaban J connectivity index is 0.000000281. The summed E-state index contributed by atoms with van der Waals surface area (Å²) >= 11 is 3.47. The number of ether oxygens (including phenoxy) is 4. The first-order chi connectivity index (χ1) is 13.6. The molecule has 2 saturated heterocycles. The molecule has 2 aliphatic heterocycles. The molecule has 2 aliphatic carbocycles. The Morgan fingerprint density at radius 3 is 1.57 bits per heavy atom. The largest absolute Gasteiger partial charge is 0.412 e. The van der Waals surface area contributed by atoms with Gasteiger partial charge in [-0.25, -0.2) is 0 Å². The number of aliphatic hydroxyl groups excluding tert-OH is 1. The zero-order valence-electron chi connectivity index (χ0n) is 18.6. The molecule has 1 atom stereocenters. The molecule has 30 heavy (non-hydrogen) atoms. The Morgan fingerprint density at radius 1 is 0.800 bits per heavy atom. The summed E-state index contributed by atoms with van der Waals surface area (Å²) in [6.07, 6.45) is 8.18. The van der Waals surface area contributed by atoms with E-state index in [-0.39, 0.29) is 27.8 Å². The Hall–Kier alpha value is 0.150. The molecule has 0 saturated carbocycles. The van der Waals surface area contributed by atoms with E-state index in [0.29, 0.717) is 13.2 Å². The number of aliphatic hydroxyl groups is 1. The third-order valence-corrected chi connectivity index (χ3v) is 6.82. The van der Waals surface area contributed by atoms with Crippen LogP contribution in [0, 0.1) is 0 Å². The molecule has 2 heterocycles. The van der Waals surface area contributed by atoms with Crippen molar-refractivity contribution in [3.05, 3.63) is 22.3 Å². The van der Waals surface area contributed by atoms with E-state index in [0.717, 1.165) is 63.5 Å². The van der Waals surface area contributed by atoms with Crippen LogP contribution in [0.25, 0.3) is 0 Å². The third-order valence-electron chi connectivity index (χ3n) is 6.26. The second kappa shape index (κ2) is 13.0. The monoisotopic (exact) mass is 510 g/mol. The minimum absolute atomic E-state index is 0. The SMILES string of the molecule is CC1=C(CCCBr)C2(CC1)OCCO2.CC1=C(CCCO)C2(CC1)OCCO2.O.P. The summed E-state index contributed by atoms with van der Waals surface area (Å²) in [5.74, 6) is -0.717. The van der Waals surface area contributed by atoms with Gasteiger partial charge in [0.05, 0.1) is 26.4 Å². The molecule has 0 amide bonds. The Labute approximate surface area is 192 Å². The highest BCUT2D eigenvalue weighted by molar-refractivity contribution is 9.09. The first kappa shape index (κ1) is 28.2. The highest BCUT2D eigenvalue weighted by Crippen LogP contribution is 2.44. The molecule has 3 N–H and O–H groups in total. The van der Waals surface area contributed by atoms with Gasteiger partial charge < -0.3 is 29.5 Å². The van der Waals surface area contributed by atoms with E-state index in [1.165, 1.54) is 28.7 Å². The summed E-state index contributed by atoms with van der Waals surface area (Å²) in [5.41, 5.74) is 5.56. The summed E-state index contributed by atoms with van der Waals surface area (Å²) in [6.45, 7) is 7.52. The molecule has 0 aromatic heterocycles. The molecule has 0 aromatic rings. The Bertz CT molecular complexity index is 542. The lowest BCUT2D eigenvalue weighted by Gasteiger charge is -2.25. The molecule has 4 rings (SSSR count). The van der Waals surface area contributed by atoms with Gasteiger partial charge in [0.2, 0.25) is 0 Å². The van der Waals surface area contributed by atoms with Crippen LogP contribution in [0.15, 0.2) is 22.3 Å². The van der Waals surface area contributed by atoms with E-state index in [1.807, 2.05) is 0 Å². The van der Waals surface area contributed by atoms with Gasteiger partial charge in [0.1, 0.15) is 0 Å². The molecule has 2 spiro atoms. The molecular weight excluding hydrogens is 471 g/mol. The normalized spacial score (nSPS) is 23.6. The number of allylic oxidation sites excluding steroid dienone is 2. The molecule has 1 unspecified atom stereocenters. The van der Waals surface area contributed by atoms with Gasteiger partial charge in [0.15, 0.2) is 11.6 Å². The van der Waals surface area contributed by atoms with Crippen molar-refractivity contribution >= 4 is 25.8 Å². The second-order valence-corrected chi connectivity index (χ2v) is 8.83. The van der Waals surface area contributed by atoms with Crippen LogP contribution in [0.2, 0.25) is 0 Å². The standard InChI is InChI=1S/C11H17BrO2.C11H18O3.H2O.H3P/c2*1-9-4-5-11(13-7-8-14-11)10(9)3-2-6-12;;/h2-8H2,1H3;12H,2-8H2,1H3;1H2;1H3. The van der Waals surface area contributed by atoms with Gasteiger partial charge in [-0.2, -0.15) is 9.90 Å². The average molecular weight is 511 g/mol. The van der Waals surface area contributed by atoms with Crippen molar-refractivity contribution < 1.29 is 29.5 Å². The predicted molar refractivity (Wildman–Crippen MR) is 127 cm³/mol. The van der Waals surface area contributed by atoms with Crippen LogP contribution in [0.5, 0.6) is 0 Å². The zero-order valence-corrected chi connectivity index (χ0v) is 21.6. The van der Waals surface area contributed by atoms with Crippen LogP contribution in [0.3, 0.4) is 0 Å². The van der Waals surface area contributed by atoms with Gasteiger partial charge in [-0.1, -0.05) is 27.1 Å². The quantitative estimate of drug-likeness (QED) is 0.333. The molecule has 8 heteroatoms. The van der Waals surface area contributed by atoms with Crippen LogP contribution in [0.4, 0.5) is 0 Å². The first-order valence-corrected chi connectivity index (χ1v) is 11.8. The molecule has 176 valence electrons. The minimum Gasteiger partial charge on any atom is -0.412 e. The lowest BCUT2D eigenvalue weighted by atomic mass is 10.0. The van der Waals surface area contributed by atoms with E-state index in [2.05, 4.69) is 29.8 Å². The van der Waals surface area contributed by atoms with Crippen LogP contribution >= 0.6 is 25.8 Å². The van der Waals surface area contributed by atoms with Crippen molar-refractivity contribution in [3.63, 3.8) is 0 Å². The second-order valence-electron chi connectivity index (χ2n) is 8.04. The summed E-state index contributed by atoms with van der Waals surface area (Å²) in [5, 5.41) is 9.90. The molecule has 6 nitrogen and oxygen atoms in total. The van der Waals surface area contributed by atoms with E-state index in [1.54, 1.807) is 0 Å². The highest BCUT2D eigenvalue weighted by Gasteiger charge is 2.45. The number of rotatable bonds is 6. The number of hydrogen-bond donors (Lipinski definition) is 1. The fourth-order valence-corrected chi connectivity index (χ4v) is 5.09. The van der Waals surface area contributed by atoms with Crippen molar-refractivity contribution in [3.8, 4) is 0 Å². The molecule has 4 aliphatic rings. The Morgan fingerprint density at radius 2 is 1.20 bits per heavy atom. The van der Waals surface area contributed by atoms with Crippen LogP contribution in [-0.4, -0.2) is 60.5 Å². The van der Waals surface area contributed by atoms with Gasteiger partial charge in [-0.3, -0.25) is 0 Å². The van der Waals surface area contributed by atoms with E-state index >= 15 is 0 Å². The summed E-state index contributed by atoms with van der Waals surface area (Å²) < 4.78 is 23.0. The fraction of sp³-hybridized carbons (Fsp3) is 0.818. The molecule has 0 aromatic carbocycles. The lowest BCUT2D eigenvalue weighted by Crippen LogP contribution is -2.29. The van der Waals surface area contributed by atoms with Crippen LogP contribution in [-0.2, 0) is 18.9 Å². The topological polar surface area (TPSA) is 88.7 Å². The smallest absolute Gasteiger partial charge is 0.191 e. The minimum atomic E-state index is -0.404. The van der Waals surface area contributed by atoms with Gasteiger partial charge in [0, 0.05) is 24.8 Å². The van der Waals surface area contributed by atoms with Crippen molar-refractivity contribution in [2.24, 2.45) is 0 Å². The van der Waals surface area contributed by atoms with E-state index in [9.17, 15) is 0 Å². The van der Waals surface area contributed by atoms with Gasteiger partial charge in [0.25, 0.3) is 0 Å². The summed E-state index contributed by atoms with van der Waals surface area (Å²) in [4.78, 5) is 0. The molecular formula is C22H40BrO6P. The van der Waals surface area contributed by atoms with Gasteiger partial charge in [-0.05, 0) is 63.5 Å². The van der Waals surface area contributed by atoms with E-state index in [4.69, 9.17) is 24.1 Å². The molecule has 0 radical (unpaired) electrons. The zero-order chi connectivity index (χ0) is 20.0. The maximum absolute atomic E-state index is 8.84. The maximum Gasteiger partial charge on any atom is 0.191 e. The number of halogens is 1. The van der Waals surface area contributed by atoms with Crippen LogP contribution < -0.4 is 0 Å². The summed E-state index contributed by atoms with van der Waals surface area (Å²) in [6, 6.07) is 0. The van der Waals surface area contributed by atoms with Crippen molar-refractivity contribution in [2.45, 2.75) is 76.8 Å². The van der Waals surface area contributed by atoms with E-state index < -0.39 is 5.79 Å². The van der Waals surface area contributed by atoms with Crippen molar-refractivity contribution in [1.82, 2.24) is 0 Å². The summed E-state index contributed by atoms with van der Waals surface area (Å²) in [7, 11) is 0. The fourth-order valence-electron chi connectivity index (χ4n) is 4.81. The highest BCUT2D eigenvalue weighted by atomic mass is 79.9. The average Bonchev–Trinajstić information content (AvgIpc) is 3.47. The lowest BCUT2D eigenvalue weighted by molar-refractivity contribution is -0.126. The van der Waals surface area contributed by atoms with Gasteiger partial charge in [-0.15, -0.1) is 0 Å². The predicted octanol–water partition coefficient (Wildman–Crippen LogP) is 3.86. The number of hydrogen-bond acceptors (Lipinski definition) is 5. The number of alkyl halides is 1. The molecule has 0 bridgehead atoms. The van der Waals surface area contributed by atoms with Gasteiger partial charge >= 0.3 is 0 Å². The third kappa shape index (κ3) is 6.14. The maximum atomic E-state index is 8.84. The molecule has 2 fully saturated rings. The van der Waals surface area contributed by atoms with Crippen molar-refractivity contribution in [1.29, 1.82) is 0 Å². The Kier molecular flexibility index (Phi) is 12.2. The first-order valence-electron chi connectivity index (χ1n) is 10.7. The van der Waals surface area contributed by atoms with Crippen LogP contribution in [0.1, 0.15) is 65.2 Å².